The van der Waals surface area contributed by atoms with Crippen molar-refractivity contribution in [1.29, 1.82) is 0 Å². The Bertz CT molecular complexity index is 1370. The Morgan fingerprint density at radius 1 is 1.15 bits per heavy atom. The number of nitrogens with zero attached hydrogens (tertiary/aromatic N) is 4. The van der Waals surface area contributed by atoms with Gasteiger partial charge in [-0.25, -0.2) is 9.38 Å². The van der Waals surface area contributed by atoms with Crippen LogP contribution in [0, 0.1) is 20.2 Å². The van der Waals surface area contributed by atoms with Crippen LogP contribution in [-0.4, -0.2) is 24.3 Å². The summed E-state index contributed by atoms with van der Waals surface area (Å²) in [5, 5.41) is 32.2. The molecule has 4 rings (SSSR count). The van der Waals surface area contributed by atoms with Crippen LogP contribution in [0.3, 0.4) is 0 Å². The van der Waals surface area contributed by atoms with E-state index < -0.39 is 32.5 Å². The molecule has 0 radical (unpaired) electrons. The molecule has 0 fully saturated rings. The van der Waals surface area contributed by atoms with Gasteiger partial charge in [-0.05, 0) is 18.2 Å². The van der Waals surface area contributed by atoms with Crippen LogP contribution in [0.15, 0.2) is 41.2 Å². The zero-order valence-electron chi connectivity index (χ0n) is 13.2. The summed E-state index contributed by atoms with van der Waals surface area (Å²) in [7, 11) is 0. The normalized spacial score (nSPS) is 12.1. The van der Waals surface area contributed by atoms with Crippen LogP contribution < -0.4 is 10.1 Å². The molecule has 1 N–H and O–H groups in total. The number of fused-ring (bicyclic) bond motifs is 3. The van der Waals surface area contributed by atoms with Crippen molar-refractivity contribution in [1.82, 2.24) is 9.38 Å². The molecule has 0 unspecified atom stereocenters. The lowest BCUT2D eigenvalue weighted by molar-refractivity contribution is -0.394. The van der Waals surface area contributed by atoms with E-state index in [1.165, 1.54) is 10.5 Å². The zero-order valence-corrected chi connectivity index (χ0v) is 14.0. The number of benzene rings is 2. The van der Waals surface area contributed by atoms with Crippen LogP contribution in [0.1, 0.15) is 5.56 Å². The van der Waals surface area contributed by atoms with E-state index in [1.807, 2.05) is 0 Å². The molecule has 0 saturated carbocycles. The molecule has 134 valence electrons. The number of phenolic OH excluding ortho intramolecular Hbond substituents is 1. The maximum absolute atomic E-state index is 12.7. The number of phenols is 1. The minimum Gasteiger partial charge on any atom is -0.502 e. The molecule has 2 heterocycles. The van der Waals surface area contributed by atoms with Crippen molar-refractivity contribution in [3.05, 3.63) is 77.1 Å². The lowest BCUT2D eigenvalue weighted by Gasteiger charge is -2.00. The van der Waals surface area contributed by atoms with Gasteiger partial charge >= 0.3 is 5.69 Å². The minimum atomic E-state index is -0.924. The summed E-state index contributed by atoms with van der Waals surface area (Å²) in [5.41, 5.74) is -0.761. The average molecular weight is 384 g/mol. The fourth-order valence-corrected chi connectivity index (χ4v) is 3.71. The van der Waals surface area contributed by atoms with Crippen LogP contribution >= 0.6 is 11.3 Å². The van der Waals surface area contributed by atoms with E-state index >= 15 is 0 Å². The van der Waals surface area contributed by atoms with Gasteiger partial charge in [-0.1, -0.05) is 23.5 Å². The highest BCUT2D eigenvalue weighted by atomic mass is 32.1. The van der Waals surface area contributed by atoms with Crippen LogP contribution in [0.5, 0.6) is 5.75 Å². The monoisotopic (exact) mass is 384 g/mol. The molecule has 11 heteroatoms. The Labute approximate surface area is 152 Å². The van der Waals surface area contributed by atoms with Crippen molar-refractivity contribution in [3.8, 4) is 5.75 Å². The molecule has 0 spiro atoms. The molecule has 27 heavy (non-hydrogen) atoms. The lowest BCUT2D eigenvalue weighted by atomic mass is 10.1. The largest absolute Gasteiger partial charge is 0.502 e. The van der Waals surface area contributed by atoms with E-state index in [9.17, 15) is 30.1 Å². The third-order valence-corrected chi connectivity index (χ3v) is 4.91. The van der Waals surface area contributed by atoms with Crippen LogP contribution in [-0.2, 0) is 0 Å². The number of non-ortho nitro benzene ring substituents is 1. The van der Waals surface area contributed by atoms with E-state index in [0.717, 1.165) is 17.4 Å². The van der Waals surface area contributed by atoms with Crippen LogP contribution in [0.2, 0.25) is 0 Å². The van der Waals surface area contributed by atoms with Crippen LogP contribution in [0.4, 0.5) is 11.4 Å². The SMILES string of the molecule is O=c1/c(=C/c2cc([N+](=O)[O-])cc([N+](=O)[O-])c2O)sc2nc3ccccc3n12. The molecule has 0 saturated heterocycles. The summed E-state index contributed by atoms with van der Waals surface area (Å²) in [6.45, 7) is 0. The number of aromatic nitrogens is 2. The van der Waals surface area contributed by atoms with Gasteiger partial charge < -0.3 is 5.11 Å². The van der Waals surface area contributed by atoms with E-state index in [1.54, 1.807) is 24.3 Å². The molecule has 10 nitrogen and oxygen atoms in total. The topological polar surface area (TPSA) is 141 Å². The van der Waals surface area contributed by atoms with Crippen molar-refractivity contribution in [2.45, 2.75) is 0 Å². The summed E-state index contributed by atoms with van der Waals surface area (Å²) >= 11 is 1.01. The Balaban J connectivity index is 2.01. The number of para-hydroxylation sites is 2. The predicted octanol–water partition coefficient (Wildman–Crippen LogP) is 1.98. The van der Waals surface area contributed by atoms with Crippen molar-refractivity contribution in [3.63, 3.8) is 0 Å². The van der Waals surface area contributed by atoms with Crippen molar-refractivity contribution in [2.75, 3.05) is 0 Å². The van der Waals surface area contributed by atoms with E-state index in [-0.39, 0.29) is 10.1 Å². The number of hydrogen-bond acceptors (Lipinski definition) is 8. The van der Waals surface area contributed by atoms with Gasteiger partial charge in [0.15, 0.2) is 4.96 Å². The minimum absolute atomic E-state index is 0.133. The van der Waals surface area contributed by atoms with Crippen molar-refractivity contribution in [2.24, 2.45) is 0 Å². The molecule has 2 aromatic carbocycles. The first-order chi connectivity index (χ1) is 12.9. The molecule has 0 amide bonds. The summed E-state index contributed by atoms with van der Waals surface area (Å²) in [6.07, 6.45) is 1.19. The molecular weight excluding hydrogens is 376 g/mol. The summed E-state index contributed by atoms with van der Waals surface area (Å²) in [6, 6.07) is 8.67. The maximum Gasteiger partial charge on any atom is 0.318 e. The van der Waals surface area contributed by atoms with Gasteiger partial charge in [0.25, 0.3) is 11.2 Å². The molecule has 4 aromatic rings. The van der Waals surface area contributed by atoms with Crippen molar-refractivity contribution < 1.29 is 15.0 Å². The number of hydrogen-bond donors (Lipinski definition) is 1. The molecule has 0 aliphatic rings. The van der Waals surface area contributed by atoms with Crippen LogP contribution in [0.25, 0.3) is 22.1 Å². The average Bonchev–Trinajstić information content (AvgIpc) is 3.13. The molecule has 0 bridgehead atoms. The first-order valence-corrected chi connectivity index (χ1v) is 8.26. The highest BCUT2D eigenvalue weighted by Gasteiger charge is 2.23. The van der Waals surface area contributed by atoms with Gasteiger partial charge in [-0.2, -0.15) is 0 Å². The molecule has 0 atom stereocenters. The second-order valence-corrected chi connectivity index (χ2v) is 6.56. The lowest BCUT2D eigenvalue weighted by Crippen LogP contribution is -2.22. The zero-order chi connectivity index (χ0) is 19.3. The predicted molar refractivity (Wildman–Crippen MR) is 97.0 cm³/mol. The highest BCUT2D eigenvalue weighted by molar-refractivity contribution is 7.15. The number of imidazole rings is 1. The number of rotatable bonds is 3. The third-order valence-electron chi connectivity index (χ3n) is 3.94. The van der Waals surface area contributed by atoms with E-state index in [0.29, 0.717) is 22.1 Å². The number of nitro benzene ring substituents is 2. The summed E-state index contributed by atoms with van der Waals surface area (Å²) in [5.74, 6) is -0.749. The molecular formula is C16H8N4O6S. The fourth-order valence-electron chi connectivity index (χ4n) is 2.73. The van der Waals surface area contributed by atoms with E-state index in [2.05, 4.69) is 4.98 Å². The fraction of sp³-hybridized carbons (Fsp3) is 0. The van der Waals surface area contributed by atoms with Gasteiger partial charge in [-0.3, -0.25) is 25.0 Å². The van der Waals surface area contributed by atoms with Gasteiger partial charge in [0, 0.05) is 11.6 Å². The van der Waals surface area contributed by atoms with E-state index in [4.69, 9.17) is 0 Å². The number of nitro groups is 2. The van der Waals surface area contributed by atoms with Gasteiger partial charge in [0.05, 0.1) is 31.5 Å². The van der Waals surface area contributed by atoms with Gasteiger partial charge in [0.1, 0.15) is 0 Å². The molecule has 0 aliphatic carbocycles. The quantitative estimate of drug-likeness (QED) is 0.420. The molecule has 2 aromatic heterocycles. The first-order valence-electron chi connectivity index (χ1n) is 7.44. The second kappa shape index (κ2) is 5.85. The number of thiazole rings is 1. The number of aromatic hydroxyl groups is 1. The summed E-state index contributed by atoms with van der Waals surface area (Å²) < 4.78 is 1.52. The Kier molecular flexibility index (Phi) is 3.59. The summed E-state index contributed by atoms with van der Waals surface area (Å²) in [4.78, 5) is 37.8. The first kappa shape index (κ1) is 16.6. The second-order valence-electron chi connectivity index (χ2n) is 5.55. The Morgan fingerprint density at radius 3 is 2.59 bits per heavy atom. The standard InChI is InChI=1S/C16H8N4O6S/c21-14-8(5-9(19(23)24)7-12(14)20(25)26)6-13-15(22)18-11-4-2-1-3-10(11)17-16(18)27-13/h1-7,21H/b13-6-. The maximum atomic E-state index is 12.7. The highest BCUT2D eigenvalue weighted by Crippen LogP contribution is 2.34. The Hall–Kier alpha value is -3.86. The Morgan fingerprint density at radius 2 is 1.89 bits per heavy atom. The van der Waals surface area contributed by atoms with Crippen molar-refractivity contribution >= 4 is 44.8 Å². The van der Waals surface area contributed by atoms with Gasteiger partial charge in [0.2, 0.25) is 5.75 Å². The smallest absolute Gasteiger partial charge is 0.318 e. The third kappa shape index (κ3) is 2.57. The molecule has 0 aliphatic heterocycles. The van der Waals surface area contributed by atoms with Gasteiger partial charge in [-0.15, -0.1) is 0 Å².